The molecule has 0 aliphatic heterocycles. The number of benzene rings is 2. The number of anilines is 1. The summed E-state index contributed by atoms with van der Waals surface area (Å²) in [6.45, 7) is 4.98. The first-order valence-corrected chi connectivity index (χ1v) is 7.27. The summed E-state index contributed by atoms with van der Waals surface area (Å²) in [5.41, 5.74) is 4.84. The Morgan fingerprint density at radius 1 is 1.05 bits per heavy atom. The monoisotopic (exact) mass is 284 g/mol. The van der Waals surface area contributed by atoms with Gasteiger partial charge in [-0.3, -0.25) is 0 Å². The zero-order valence-corrected chi connectivity index (χ0v) is 12.8. The highest BCUT2D eigenvalue weighted by molar-refractivity contribution is 7.80. The smallest absolute Gasteiger partial charge is 0.171 e. The lowest BCUT2D eigenvalue weighted by atomic mass is 10.1. The largest absolute Gasteiger partial charge is 0.358 e. The molecule has 2 aromatic rings. The van der Waals surface area contributed by atoms with Gasteiger partial charge in [0.1, 0.15) is 0 Å². The Bertz CT molecular complexity index is 576. The van der Waals surface area contributed by atoms with E-state index in [-0.39, 0.29) is 0 Å². The summed E-state index contributed by atoms with van der Waals surface area (Å²) in [5, 5.41) is 7.07. The molecule has 2 rings (SSSR count). The molecular weight excluding hydrogens is 264 g/mol. The molecule has 0 spiro atoms. The molecule has 0 fully saturated rings. The van der Waals surface area contributed by atoms with Crippen LogP contribution in [0.4, 0.5) is 5.69 Å². The van der Waals surface area contributed by atoms with E-state index in [0.717, 1.165) is 18.7 Å². The molecule has 0 unspecified atom stereocenters. The van der Waals surface area contributed by atoms with Crippen molar-refractivity contribution in [2.75, 3.05) is 5.32 Å². The van der Waals surface area contributed by atoms with Gasteiger partial charge >= 0.3 is 0 Å². The standard InChI is InChI=1S/C17H20N2S/c1-3-14-7-9-16(10-8-14)19-17(20)18-12-15-6-4-5-13(2)11-15/h4-11H,3,12H2,1-2H3,(H2,18,19,20). The molecular formula is C17H20N2S. The van der Waals surface area contributed by atoms with Crippen LogP contribution >= 0.6 is 12.2 Å². The van der Waals surface area contributed by atoms with E-state index < -0.39 is 0 Å². The minimum Gasteiger partial charge on any atom is -0.358 e. The SMILES string of the molecule is CCc1ccc(NC(=S)NCc2cccc(C)c2)cc1. The summed E-state index contributed by atoms with van der Waals surface area (Å²) in [7, 11) is 0. The summed E-state index contributed by atoms with van der Waals surface area (Å²) in [4.78, 5) is 0. The molecule has 104 valence electrons. The fourth-order valence-electron chi connectivity index (χ4n) is 2.00. The van der Waals surface area contributed by atoms with Crippen LogP contribution < -0.4 is 10.6 Å². The van der Waals surface area contributed by atoms with Crippen LogP contribution in [0.15, 0.2) is 48.5 Å². The third kappa shape index (κ3) is 4.35. The lowest BCUT2D eigenvalue weighted by molar-refractivity contribution is 0.924. The van der Waals surface area contributed by atoms with Crippen LogP contribution in [0.2, 0.25) is 0 Å². The second-order valence-corrected chi connectivity index (χ2v) is 5.26. The van der Waals surface area contributed by atoms with Crippen molar-refractivity contribution in [1.29, 1.82) is 0 Å². The summed E-state index contributed by atoms with van der Waals surface area (Å²) >= 11 is 5.31. The second kappa shape index (κ2) is 7.06. The number of aryl methyl sites for hydroxylation is 2. The second-order valence-electron chi connectivity index (χ2n) is 4.85. The maximum absolute atomic E-state index is 5.31. The molecule has 3 heteroatoms. The molecule has 0 aliphatic rings. The maximum Gasteiger partial charge on any atom is 0.171 e. The predicted molar refractivity (Wildman–Crippen MR) is 90.1 cm³/mol. The summed E-state index contributed by atoms with van der Waals surface area (Å²) < 4.78 is 0. The lowest BCUT2D eigenvalue weighted by Gasteiger charge is -2.11. The Labute approximate surface area is 126 Å². The number of thiocarbonyl (C=S) groups is 1. The van der Waals surface area contributed by atoms with Gasteiger partial charge in [0, 0.05) is 12.2 Å². The number of rotatable bonds is 4. The van der Waals surface area contributed by atoms with E-state index in [0.29, 0.717) is 5.11 Å². The van der Waals surface area contributed by atoms with Gasteiger partial charge in [0.2, 0.25) is 0 Å². The molecule has 0 saturated carbocycles. The first-order valence-electron chi connectivity index (χ1n) is 6.86. The molecule has 0 amide bonds. The zero-order valence-electron chi connectivity index (χ0n) is 11.9. The van der Waals surface area contributed by atoms with Crippen molar-refractivity contribution in [2.45, 2.75) is 26.8 Å². The van der Waals surface area contributed by atoms with Gasteiger partial charge in [-0.2, -0.15) is 0 Å². The quantitative estimate of drug-likeness (QED) is 0.828. The van der Waals surface area contributed by atoms with Gasteiger partial charge < -0.3 is 10.6 Å². The molecule has 2 N–H and O–H groups in total. The van der Waals surface area contributed by atoms with E-state index in [1.165, 1.54) is 16.7 Å². The molecule has 0 aromatic heterocycles. The van der Waals surface area contributed by atoms with E-state index in [1.807, 2.05) is 0 Å². The van der Waals surface area contributed by atoms with Crippen LogP contribution in [0.25, 0.3) is 0 Å². The average Bonchev–Trinajstić information content (AvgIpc) is 2.46. The topological polar surface area (TPSA) is 24.1 Å². The minimum absolute atomic E-state index is 0.649. The molecule has 0 saturated heterocycles. The summed E-state index contributed by atoms with van der Waals surface area (Å²) in [5.74, 6) is 0. The predicted octanol–water partition coefficient (Wildman–Crippen LogP) is 4.04. The van der Waals surface area contributed by atoms with Gasteiger partial charge in [0.25, 0.3) is 0 Å². The molecule has 0 radical (unpaired) electrons. The van der Waals surface area contributed by atoms with E-state index in [9.17, 15) is 0 Å². The average molecular weight is 284 g/mol. The number of hydrogen-bond donors (Lipinski definition) is 2. The Hall–Kier alpha value is -1.87. The van der Waals surface area contributed by atoms with Gasteiger partial charge in [0.15, 0.2) is 5.11 Å². The van der Waals surface area contributed by atoms with Crippen molar-refractivity contribution < 1.29 is 0 Å². The van der Waals surface area contributed by atoms with E-state index in [4.69, 9.17) is 12.2 Å². The highest BCUT2D eigenvalue weighted by Gasteiger charge is 1.99. The Morgan fingerprint density at radius 2 is 1.80 bits per heavy atom. The van der Waals surface area contributed by atoms with E-state index in [1.54, 1.807) is 0 Å². The summed E-state index contributed by atoms with van der Waals surface area (Å²) in [6, 6.07) is 16.8. The van der Waals surface area contributed by atoms with Crippen LogP contribution in [-0.4, -0.2) is 5.11 Å². The van der Waals surface area contributed by atoms with E-state index in [2.05, 4.69) is 73.0 Å². The number of hydrogen-bond acceptors (Lipinski definition) is 1. The van der Waals surface area contributed by atoms with Gasteiger partial charge in [-0.05, 0) is 48.8 Å². The van der Waals surface area contributed by atoms with Crippen LogP contribution in [0.5, 0.6) is 0 Å². The molecule has 20 heavy (non-hydrogen) atoms. The van der Waals surface area contributed by atoms with Crippen LogP contribution in [0.1, 0.15) is 23.6 Å². The summed E-state index contributed by atoms with van der Waals surface area (Å²) in [6.07, 6.45) is 1.05. The van der Waals surface area contributed by atoms with Gasteiger partial charge in [-0.15, -0.1) is 0 Å². The molecule has 0 bridgehead atoms. The highest BCUT2D eigenvalue weighted by Crippen LogP contribution is 2.10. The molecule has 0 atom stereocenters. The maximum atomic E-state index is 5.31. The lowest BCUT2D eigenvalue weighted by Crippen LogP contribution is -2.27. The first-order chi connectivity index (χ1) is 9.67. The van der Waals surface area contributed by atoms with Crippen molar-refractivity contribution in [2.24, 2.45) is 0 Å². The van der Waals surface area contributed by atoms with Crippen molar-refractivity contribution in [3.63, 3.8) is 0 Å². The zero-order chi connectivity index (χ0) is 14.4. The fraction of sp³-hybridized carbons (Fsp3) is 0.235. The Morgan fingerprint density at radius 3 is 2.45 bits per heavy atom. The molecule has 0 aliphatic carbocycles. The molecule has 2 nitrogen and oxygen atoms in total. The molecule has 0 heterocycles. The van der Waals surface area contributed by atoms with Gasteiger partial charge in [-0.25, -0.2) is 0 Å². The van der Waals surface area contributed by atoms with Crippen LogP contribution in [-0.2, 0) is 13.0 Å². The van der Waals surface area contributed by atoms with Crippen LogP contribution in [0.3, 0.4) is 0 Å². The third-order valence-corrected chi connectivity index (χ3v) is 3.40. The minimum atomic E-state index is 0.649. The Balaban J connectivity index is 1.85. The van der Waals surface area contributed by atoms with Crippen LogP contribution in [0, 0.1) is 6.92 Å². The normalized spacial score (nSPS) is 10.1. The van der Waals surface area contributed by atoms with Crippen molar-refractivity contribution in [1.82, 2.24) is 5.32 Å². The number of nitrogens with one attached hydrogen (secondary N) is 2. The fourth-order valence-corrected chi connectivity index (χ4v) is 2.19. The first kappa shape index (κ1) is 14.5. The van der Waals surface area contributed by atoms with Crippen molar-refractivity contribution in [3.05, 3.63) is 65.2 Å². The highest BCUT2D eigenvalue weighted by atomic mass is 32.1. The van der Waals surface area contributed by atoms with E-state index >= 15 is 0 Å². The third-order valence-electron chi connectivity index (χ3n) is 3.16. The molecule has 2 aromatic carbocycles. The Kier molecular flexibility index (Phi) is 5.13. The van der Waals surface area contributed by atoms with Gasteiger partial charge in [-0.1, -0.05) is 48.9 Å². The van der Waals surface area contributed by atoms with Gasteiger partial charge in [0.05, 0.1) is 0 Å². The van der Waals surface area contributed by atoms with Crippen molar-refractivity contribution >= 4 is 23.0 Å². The van der Waals surface area contributed by atoms with Crippen molar-refractivity contribution in [3.8, 4) is 0 Å².